The number of benzene rings is 1. The van der Waals surface area contributed by atoms with E-state index in [0.717, 1.165) is 10.9 Å². The molecule has 0 spiro atoms. The Morgan fingerprint density at radius 2 is 1.11 bits per heavy atom. The Morgan fingerprint density at radius 1 is 0.581 bits per heavy atom. The Hall–Kier alpha value is -7.03. The van der Waals surface area contributed by atoms with Gasteiger partial charge in [0.25, 0.3) is 0 Å². The quantitative estimate of drug-likeness (QED) is 0.0479. The zero-order valence-corrected chi connectivity index (χ0v) is 41.3. The molecule has 1 saturated heterocycles. The van der Waals surface area contributed by atoms with Gasteiger partial charge in [0.15, 0.2) is 0 Å². The zero-order chi connectivity index (χ0) is 54.2. The average molecular weight is 1040 g/mol. The van der Waals surface area contributed by atoms with E-state index >= 15 is 0 Å². The van der Waals surface area contributed by atoms with Gasteiger partial charge in [-0.3, -0.25) is 58.1 Å². The lowest BCUT2D eigenvalue weighted by atomic mass is 9.81. The number of hydrogen-bond donors (Lipinski definition) is 11. The molecular weight excluding hydrogens is 973 g/mol. The first-order valence-corrected chi connectivity index (χ1v) is 24.7. The van der Waals surface area contributed by atoms with Gasteiger partial charge in [0.05, 0.1) is 31.7 Å². The highest BCUT2D eigenvalue weighted by Gasteiger charge is 2.31. The van der Waals surface area contributed by atoms with E-state index in [1.54, 1.807) is 27.0 Å². The van der Waals surface area contributed by atoms with E-state index in [-0.39, 0.29) is 115 Å². The van der Waals surface area contributed by atoms with E-state index in [0.29, 0.717) is 50.8 Å². The standard InChI is InChI=1S/C48H70N10O16/c59-39(27-55-16-18-56(28-41(62)63)20-22-58(30-43(66)67)23-21-57(19-17-55)29-42(64)65)51-26-31-6-10-34(11-7-31)44(68)52-38(25-32-8-9-33-4-3-15-49-37(33)24-32)45(69)50-14-2-1-5-35(46(70)71)53-48(74)54-36(47(72)73)12-13-40(60)61/h3-4,8-9,15,24,31,34-36,38H,1-2,5-7,10-14,16-23,25-30H2,(H,50,69)(H,51,59)(H,52,68)(H,60,61)(H,62,63)(H,64,65)(H,66,67)(H,70,71)(H,72,73)(H2,53,54,74)/t31?,34?,35-,36-,38+/m0/s1. The molecule has 2 aromatic rings. The molecular formula is C48H70N10O16. The van der Waals surface area contributed by atoms with Crippen molar-refractivity contribution in [3.63, 3.8) is 0 Å². The zero-order valence-electron chi connectivity index (χ0n) is 41.3. The van der Waals surface area contributed by atoms with Crippen LogP contribution in [-0.2, 0) is 49.6 Å². The Bertz CT molecular complexity index is 2230. The molecule has 1 aromatic carbocycles. The Labute approximate surface area is 427 Å². The molecule has 74 heavy (non-hydrogen) atoms. The van der Waals surface area contributed by atoms with Gasteiger partial charge >= 0.3 is 41.8 Å². The van der Waals surface area contributed by atoms with Crippen molar-refractivity contribution in [1.29, 1.82) is 0 Å². The minimum absolute atomic E-state index is 0.0322. The summed E-state index contributed by atoms with van der Waals surface area (Å²) in [4.78, 5) is 134. The molecule has 11 N–H and O–H groups in total. The summed E-state index contributed by atoms with van der Waals surface area (Å²) in [5, 5.41) is 70.2. The van der Waals surface area contributed by atoms with Crippen LogP contribution in [0.5, 0.6) is 0 Å². The lowest BCUT2D eigenvalue weighted by Crippen LogP contribution is -2.51. The molecule has 5 amide bonds. The number of hydrogen-bond acceptors (Lipinski definition) is 15. The number of fused-ring (bicyclic) bond motifs is 1. The van der Waals surface area contributed by atoms with Gasteiger partial charge in [-0.25, -0.2) is 14.4 Å². The molecule has 408 valence electrons. The van der Waals surface area contributed by atoms with Crippen LogP contribution in [0.25, 0.3) is 10.9 Å². The summed E-state index contributed by atoms with van der Waals surface area (Å²) in [7, 11) is 0. The number of rotatable bonds is 27. The number of pyridine rings is 1. The summed E-state index contributed by atoms with van der Waals surface area (Å²) < 4.78 is 0. The van der Waals surface area contributed by atoms with Crippen molar-refractivity contribution in [3.05, 3.63) is 42.1 Å². The summed E-state index contributed by atoms with van der Waals surface area (Å²) in [6.07, 6.45) is 3.45. The highest BCUT2D eigenvalue weighted by molar-refractivity contribution is 5.89. The number of nitrogens with zero attached hydrogens (tertiary/aromatic N) is 5. The average Bonchev–Trinajstić information content (AvgIpc) is 3.34. The molecule has 3 atom stereocenters. The first-order valence-electron chi connectivity index (χ1n) is 24.7. The van der Waals surface area contributed by atoms with Crippen LogP contribution in [0.2, 0.25) is 0 Å². The number of unbranched alkanes of at least 4 members (excludes halogenated alkanes) is 1. The van der Waals surface area contributed by atoms with E-state index in [1.807, 2.05) is 29.2 Å². The largest absolute Gasteiger partial charge is 0.481 e. The van der Waals surface area contributed by atoms with Crippen LogP contribution >= 0.6 is 0 Å². The third kappa shape index (κ3) is 22.4. The van der Waals surface area contributed by atoms with Crippen LogP contribution in [0.15, 0.2) is 36.5 Å². The third-order valence-corrected chi connectivity index (χ3v) is 13.0. The molecule has 1 aliphatic heterocycles. The van der Waals surface area contributed by atoms with Gasteiger partial charge in [-0.1, -0.05) is 18.2 Å². The fourth-order valence-corrected chi connectivity index (χ4v) is 8.85. The van der Waals surface area contributed by atoms with Crippen molar-refractivity contribution >= 4 is 70.5 Å². The number of carbonyl (C=O) groups is 10. The van der Waals surface area contributed by atoms with E-state index in [4.69, 9.17) is 5.11 Å². The van der Waals surface area contributed by atoms with Gasteiger partial charge in [-0.2, -0.15) is 0 Å². The second-order valence-corrected chi connectivity index (χ2v) is 18.7. The van der Waals surface area contributed by atoms with Crippen molar-refractivity contribution < 1.29 is 78.6 Å². The van der Waals surface area contributed by atoms with Crippen molar-refractivity contribution in [3.8, 4) is 0 Å². The highest BCUT2D eigenvalue weighted by atomic mass is 16.4. The monoisotopic (exact) mass is 1040 g/mol. The van der Waals surface area contributed by atoms with Crippen LogP contribution in [0.1, 0.15) is 63.4 Å². The fourth-order valence-electron chi connectivity index (χ4n) is 8.85. The summed E-state index contributed by atoms with van der Waals surface area (Å²) >= 11 is 0. The molecule has 2 fully saturated rings. The van der Waals surface area contributed by atoms with Crippen molar-refractivity contribution in [1.82, 2.24) is 51.2 Å². The molecule has 26 heteroatoms. The predicted octanol–water partition coefficient (Wildman–Crippen LogP) is -0.983. The topological polar surface area (TPSA) is 378 Å². The number of nitrogens with one attached hydrogen (secondary N) is 5. The number of carboxylic acids is 6. The van der Waals surface area contributed by atoms with E-state index in [2.05, 4.69) is 31.6 Å². The van der Waals surface area contributed by atoms with E-state index < -0.39 is 84.6 Å². The van der Waals surface area contributed by atoms with Crippen LogP contribution in [0.3, 0.4) is 0 Å². The van der Waals surface area contributed by atoms with Gasteiger partial charge in [-0.05, 0) is 75.0 Å². The number of aromatic nitrogens is 1. The first-order chi connectivity index (χ1) is 35.2. The molecule has 1 saturated carbocycles. The summed E-state index contributed by atoms with van der Waals surface area (Å²) in [5.41, 5.74) is 1.44. The molecule has 0 radical (unpaired) electrons. The maximum atomic E-state index is 13.8. The normalized spacial score (nSPS) is 18.8. The fraction of sp³-hybridized carbons (Fsp3) is 0.604. The Kier molecular flexibility index (Phi) is 24.8. The minimum atomic E-state index is -1.56. The summed E-state index contributed by atoms with van der Waals surface area (Å²) in [6.45, 7) is 1.68. The third-order valence-electron chi connectivity index (χ3n) is 13.0. The van der Waals surface area contributed by atoms with Crippen LogP contribution < -0.4 is 26.6 Å². The maximum Gasteiger partial charge on any atom is 0.326 e. The van der Waals surface area contributed by atoms with Gasteiger partial charge in [-0.15, -0.1) is 0 Å². The van der Waals surface area contributed by atoms with Crippen LogP contribution in [0, 0.1) is 11.8 Å². The van der Waals surface area contributed by atoms with Gasteiger partial charge < -0.3 is 57.2 Å². The SMILES string of the molecule is O=C(O)CC[C@H](NC(=O)N[C@@H](CCCCNC(=O)[C@@H](Cc1ccc2cccnc2c1)NC(=O)C1CCC(CNC(=O)CN2CCN(CC(=O)O)CCN(CC(=O)O)CCN(CC(=O)O)CC2)CC1)C(=O)O)C(=O)O. The molecule has 1 aliphatic carbocycles. The van der Waals surface area contributed by atoms with Crippen LogP contribution in [-0.4, -0.2) is 225 Å². The molecule has 4 rings (SSSR count). The first kappa shape index (κ1) is 59.5. The second kappa shape index (κ2) is 30.9. The van der Waals surface area contributed by atoms with Gasteiger partial charge in [0.1, 0.15) is 18.1 Å². The highest BCUT2D eigenvalue weighted by Crippen LogP contribution is 2.29. The lowest BCUT2D eigenvalue weighted by Gasteiger charge is -2.33. The van der Waals surface area contributed by atoms with Gasteiger partial charge in [0, 0.05) is 95.8 Å². The lowest BCUT2D eigenvalue weighted by molar-refractivity contribution is -0.141. The Morgan fingerprint density at radius 3 is 1.62 bits per heavy atom. The van der Waals surface area contributed by atoms with Crippen molar-refractivity contribution in [2.75, 3.05) is 91.6 Å². The smallest absolute Gasteiger partial charge is 0.326 e. The minimum Gasteiger partial charge on any atom is -0.481 e. The van der Waals surface area contributed by atoms with Crippen molar-refractivity contribution in [2.45, 2.75) is 82.3 Å². The second-order valence-electron chi connectivity index (χ2n) is 18.7. The Balaban J connectivity index is 1.30. The van der Waals surface area contributed by atoms with Gasteiger partial charge in [0.2, 0.25) is 17.7 Å². The number of carboxylic acid groups (broad SMARTS) is 6. The number of aliphatic carboxylic acids is 6. The number of carbonyl (C=O) groups excluding carboxylic acids is 4. The molecule has 2 heterocycles. The molecule has 2 aliphatic rings. The molecule has 1 aromatic heterocycles. The number of amides is 5. The summed E-state index contributed by atoms with van der Waals surface area (Å²) in [5.74, 6) is -8.74. The van der Waals surface area contributed by atoms with E-state index in [9.17, 15) is 73.5 Å². The van der Waals surface area contributed by atoms with Crippen molar-refractivity contribution in [2.24, 2.45) is 11.8 Å². The number of urea groups is 1. The van der Waals surface area contributed by atoms with Crippen LogP contribution in [0.4, 0.5) is 4.79 Å². The molecule has 26 nitrogen and oxygen atoms in total. The predicted molar refractivity (Wildman–Crippen MR) is 263 cm³/mol. The van der Waals surface area contributed by atoms with E-state index in [1.165, 1.54) is 0 Å². The summed E-state index contributed by atoms with van der Waals surface area (Å²) in [6, 6.07) is 4.18. The molecule has 0 unspecified atom stereocenters. The maximum absolute atomic E-state index is 13.8. The molecule has 0 bridgehead atoms.